The molecule has 3 aromatic rings. The minimum Gasteiger partial charge on any atom is -0.337 e. The van der Waals surface area contributed by atoms with Crippen molar-refractivity contribution in [1.82, 2.24) is 19.5 Å². The molecule has 0 radical (unpaired) electrons. The molecular weight excluding hydrogens is 369 g/mol. The fraction of sp³-hybridized carbons (Fsp3) is 0.350. The van der Waals surface area contributed by atoms with E-state index in [0.29, 0.717) is 42.8 Å². The van der Waals surface area contributed by atoms with Crippen molar-refractivity contribution in [2.45, 2.75) is 31.9 Å². The molecule has 0 saturated carbocycles. The van der Waals surface area contributed by atoms with Crippen LogP contribution in [-0.2, 0) is 6.18 Å². The predicted octanol–water partition coefficient (Wildman–Crippen LogP) is 4.08. The van der Waals surface area contributed by atoms with E-state index in [9.17, 15) is 18.0 Å². The van der Waals surface area contributed by atoms with Crippen molar-refractivity contribution in [3.8, 4) is 0 Å². The SMILES string of the molecule is Cc1ccc2nc(C(=O)N3CCC(c4ccccc4C(F)(F)F)CC3)cn2n1. The highest BCUT2D eigenvalue weighted by Crippen LogP contribution is 2.38. The first-order valence-electron chi connectivity index (χ1n) is 9.11. The third-order valence-corrected chi connectivity index (χ3v) is 5.16. The van der Waals surface area contributed by atoms with Gasteiger partial charge < -0.3 is 4.90 Å². The van der Waals surface area contributed by atoms with Gasteiger partial charge in [-0.05, 0) is 49.4 Å². The van der Waals surface area contributed by atoms with E-state index in [2.05, 4.69) is 10.1 Å². The van der Waals surface area contributed by atoms with Crippen molar-refractivity contribution < 1.29 is 18.0 Å². The van der Waals surface area contributed by atoms with Gasteiger partial charge in [-0.3, -0.25) is 4.79 Å². The molecule has 0 spiro atoms. The highest BCUT2D eigenvalue weighted by molar-refractivity contribution is 5.93. The second-order valence-electron chi connectivity index (χ2n) is 7.06. The van der Waals surface area contributed by atoms with E-state index in [1.54, 1.807) is 33.8 Å². The first-order chi connectivity index (χ1) is 13.3. The van der Waals surface area contributed by atoms with Crippen molar-refractivity contribution in [2.24, 2.45) is 0 Å². The highest BCUT2D eigenvalue weighted by atomic mass is 19.4. The number of piperidine rings is 1. The zero-order chi connectivity index (χ0) is 19.9. The van der Waals surface area contributed by atoms with Gasteiger partial charge in [-0.1, -0.05) is 18.2 Å². The van der Waals surface area contributed by atoms with E-state index in [1.807, 2.05) is 13.0 Å². The second kappa shape index (κ2) is 6.92. The number of rotatable bonds is 2. The van der Waals surface area contributed by atoms with Gasteiger partial charge in [0.05, 0.1) is 17.5 Å². The predicted molar refractivity (Wildman–Crippen MR) is 97.0 cm³/mol. The van der Waals surface area contributed by atoms with E-state index in [1.165, 1.54) is 6.07 Å². The second-order valence-corrected chi connectivity index (χ2v) is 7.06. The Hall–Kier alpha value is -2.90. The number of amides is 1. The molecule has 146 valence electrons. The molecule has 0 bridgehead atoms. The lowest BCUT2D eigenvalue weighted by molar-refractivity contribution is -0.138. The number of nitrogens with zero attached hydrogens (tertiary/aromatic N) is 4. The summed E-state index contributed by atoms with van der Waals surface area (Å²) in [4.78, 5) is 18.7. The number of fused-ring (bicyclic) bond motifs is 1. The van der Waals surface area contributed by atoms with Crippen molar-refractivity contribution >= 4 is 11.6 Å². The summed E-state index contributed by atoms with van der Waals surface area (Å²) in [5.41, 5.74) is 1.43. The van der Waals surface area contributed by atoms with Gasteiger partial charge in [0.25, 0.3) is 5.91 Å². The molecule has 4 rings (SSSR count). The first-order valence-corrected chi connectivity index (χ1v) is 9.11. The number of aromatic nitrogens is 3. The molecule has 0 aliphatic carbocycles. The van der Waals surface area contributed by atoms with Gasteiger partial charge in [0, 0.05) is 13.1 Å². The van der Waals surface area contributed by atoms with Crippen LogP contribution >= 0.6 is 0 Å². The summed E-state index contributed by atoms with van der Waals surface area (Å²) in [6, 6.07) is 9.32. The van der Waals surface area contributed by atoms with Gasteiger partial charge in [-0.25, -0.2) is 9.50 Å². The Bertz CT molecular complexity index is 1020. The molecule has 8 heteroatoms. The van der Waals surface area contributed by atoms with Gasteiger partial charge >= 0.3 is 6.18 Å². The lowest BCUT2D eigenvalue weighted by Crippen LogP contribution is -2.38. The number of halogens is 3. The molecule has 2 aromatic heterocycles. The van der Waals surface area contributed by atoms with Gasteiger partial charge in [0.15, 0.2) is 5.65 Å². The highest BCUT2D eigenvalue weighted by Gasteiger charge is 2.36. The molecule has 1 aromatic carbocycles. The average Bonchev–Trinajstić information content (AvgIpc) is 3.10. The smallest absolute Gasteiger partial charge is 0.337 e. The summed E-state index contributed by atoms with van der Waals surface area (Å²) in [6.07, 6.45) is -1.80. The number of benzene rings is 1. The van der Waals surface area contributed by atoms with Gasteiger partial charge in [-0.15, -0.1) is 0 Å². The Morgan fingerprint density at radius 3 is 2.54 bits per heavy atom. The van der Waals surface area contributed by atoms with Crippen LogP contribution < -0.4 is 0 Å². The molecule has 1 fully saturated rings. The lowest BCUT2D eigenvalue weighted by Gasteiger charge is -2.32. The number of hydrogen-bond acceptors (Lipinski definition) is 3. The maximum Gasteiger partial charge on any atom is 0.416 e. The molecule has 1 aliphatic heterocycles. The van der Waals surface area contributed by atoms with Crippen molar-refractivity contribution in [3.63, 3.8) is 0 Å². The van der Waals surface area contributed by atoms with Crippen LogP contribution in [0.4, 0.5) is 13.2 Å². The monoisotopic (exact) mass is 388 g/mol. The minimum atomic E-state index is -4.37. The number of carbonyl (C=O) groups excluding carboxylic acids is 1. The van der Waals surface area contributed by atoms with E-state index in [4.69, 9.17) is 0 Å². The van der Waals surface area contributed by atoms with Crippen LogP contribution in [0.3, 0.4) is 0 Å². The summed E-state index contributed by atoms with van der Waals surface area (Å²) < 4.78 is 41.4. The Morgan fingerprint density at radius 1 is 1.11 bits per heavy atom. The van der Waals surface area contributed by atoms with Crippen molar-refractivity contribution in [1.29, 1.82) is 0 Å². The first kappa shape index (κ1) is 18.5. The van der Waals surface area contributed by atoms with Crippen LogP contribution in [0.15, 0.2) is 42.6 Å². The molecule has 28 heavy (non-hydrogen) atoms. The molecule has 0 atom stereocenters. The van der Waals surface area contributed by atoms with Crippen LogP contribution in [0.2, 0.25) is 0 Å². The summed E-state index contributed by atoms with van der Waals surface area (Å²) in [7, 11) is 0. The standard InChI is InChI=1S/C20H19F3N4O/c1-13-6-7-18-24-17(12-27(18)25-13)19(28)26-10-8-14(9-11-26)15-4-2-3-5-16(15)20(21,22)23/h2-7,12,14H,8-11H2,1H3. The zero-order valence-electron chi connectivity index (χ0n) is 15.3. The summed E-state index contributed by atoms with van der Waals surface area (Å²) in [5, 5.41) is 4.29. The molecular formula is C20H19F3N4O. The molecule has 1 amide bonds. The molecule has 5 nitrogen and oxygen atoms in total. The Balaban J connectivity index is 1.49. The van der Waals surface area contributed by atoms with Crippen LogP contribution in [0.1, 0.15) is 46.1 Å². The average molecular weight is 388 g/mol. The third-order valence-electron chi connectivity index (χ3n) is 5.16. The Kier molecular flexibility index (Phi) is 4.56. The third kappa shape index (κ3) is 3.46. The van der Waals surface area contributed by atoms with Crippen LogP contribution in [-0.4, -0.2) is 38.5 Å². The lowest BCUT2D eigenvalue weighted by atomic mass is 9.86. The molecule has 0 unspecified atom stereocenters. The van der Waals surface area contributed by atoms with Crippen LogP contribution in [0, 0.1) is 6.92 Å². The maximum absolute atomic E-state index is 13.3. The van der Waals surface area contributed by atoms with E-state index < -0.39 is 11.7 Å². The normalized spacial score (nSPS) is 15.9. The zero-order valence-corrected chi connectivity index (χ0v) is 15.3. The molecule has 1 aliphatic rings. The largest absolute Gasteiger partial charge is 0.416 e. The van der Waals surface area contributed by atoms with E-state index in [0.717, 1.165) is 11.8 Å². The van der Waals surface area contributed by atoms with Gasteiger partial charge in [-0.2, -0.15) is 18.3 Å². The fourth-order valence-corrected chi connectivity index (χ4v) is 3.75. The minimum absolute atomic E-state index is 0.216. The number of alkyl halides is 3. The number of aryl methyl sites for hydroxylation is 1. The Morgan fingerprint density at radius 2 is 1.82 bits per heavy atom. The van der Waals surface area contributed by atoms with E-state index in [-0.39, 0.29) is 11.8 Å². The number of carbonyl (C=O) groups is 1. The van der Waals surface area contributed by atoms with Crippen molar-refractivity contribution in [3.05, 3.63) is 65.1 Å². The molecule has 3 heterocycles. The Labute approximate surface area is 159 Å². The van der Waals surface area contributed by atoms with Gasteiger partial charge in [0.1, 0.15) is 5.69 Å². The number of hydrogen-bond donors (Lipinski definition) is 0. The van der Waals surface area contributed by atoms with Gasteiger partial charge in [0.2, 0.25) is 0 Å². The summed E-state index contributed by atoms with van der Waals surface area (Å²) in [5.74, 6) is -0.432. The fourth-order valence-electron chi connectivity index (χ4n) is 3.75. The summed E-state index contributed by atoms with van der Waals surface area (Å²) >= 11 is 0. The topological polar surface area (TPSA) is 50.5 Å². The quantitative estimate of drug-likeness (QED) is 0.665. The summed E-state index contributed by atoms with van der Waals surface area (Å²) in [6.45, 7) is 2.65. The van der Waals surface area contributed by atoms with E-state index >= 15 is 0 Å². The number of likely N-dealkylation sites (tertiary alicyclic amines) is 1. The van der Waals surface area contributed by atoms with Crippen molar-refractivity contribution in [2.75, 3.05) is 13.1 Å². The number of imidazole rings is 1. The maximum atomic E-state index is 13.3. The van der Waals surface area contributed by atoms with Crippen LogP contribution in [0.25, 0.3) is 5.65 Å². The van der Waals surface area contributed by atoms with Crippen LogP contribution in [0.5, 0.6) is 0 Å². The molecule has 0 N–H and O–H groups in total. The molecule has 1 saturated heterocycles.